The Morgan fingerprint density at radius 3 is 2.33 bits per heavy atom. The van der Waals surface area contributed by atoms with Gasteiger partial charge < -0.3 is 31.5 Å². The maximum atomic E-state index is 12.4. The minimum Gasteiger partial charge on any atom is -0.480 e. The Kier molecular flexibility index (Phi) is 10.1. The van der Waals surface area contributed by atoms with Crippen molar-refractivity contribution in [3.63, 3.8) is 0 Å². The lowest BCUT2D eigenvalue weighted by Gasteiger charge is -2.23. The van der Waals surface area contributed by atoms with Crippen LogP contribution < -0.4 is 21.3 Å². The van der Waals surface area contributed by atoms with Crippen molar-refractivity contribution in [3.8, 4) is 0 Å². The van der Waals surface area contributed by atoms with Crippen molar-refractivity contribution in [1.29, 1.82) is 0 Å². The maximum absolute atomic E-state index is 12.4. The van der Waals surface area contributed by atoms with Gasteiger partial charge in [-0.05, 0) is 44.7 Å². The summed E-state index contributed by atoms with van der Waals surface area (Å²) in [6.07, 6.45) is 3.62. The number of hydrogen-bond donors (Lipinski definition) is 6. The van der Waals surface area contributed by atoms with Crippen LogP contribution >= 0.6 is 11.8 Å². The maximum Gasteiger partial charge on any atom is 0.325 e. The van der Waals surface area contributed by atoms with Gasteiger partial charge in [-0.1, -0.05) is 0 Å². The number of aliphatic hydroxyl groups excluding tert-OH is 1. The molecule has 0 aromatic rings. The molecule has 11 heteroatoms. The molecule has 0 bridgehead atoms. The van der Waals surface area contributed by atoms with Gasteiger partial charge in [-0.15, -0.1) is 0 Å². The Morgan fingerprint density at radius 2 is 1.81 bits per heavy atom. The molecule has 1 aliphatic rings. The summed E-state index contributed by atoms with van der Waals surface area (Å²) in [7, 11) is 0. The van der Waals surface area contributed by atoms with Crippen LogP contribution in [0.5, 0.6) is 0 Å². The van der Waals surface area contributed by atoms with E-state index < -0.39 is 48.6 Å². The third-order valence-electron chi connectivity index (χ3n) is 4.17. The van der Waals surface area contributed by atoms with Crippen LogP contribution in [0.15, 0.2) is 0 Å². The number of hydrogen-bond acceptors (Lipinski definition) is 7. The van der Waals surface area contributed by atoms with Gasteiger partial charge in [0, 0.05) is 0 Å². The molecule has 0 saturated carbocycles. The van der Waals surface area contributed by atoms with E-state index in [2.05, 4.69) is 21.3 Å². The van der Waals surface area contributed by atoms with Crippen molar-refractivity contribution >= 4 is 35.5 Å². The average Bonchev–Trinajstić information content (AvgIpc) is 3.17. The van der Waals surface area contributed by atoms with Crippen molar-refractivity contribution < 1.29 is 29.4 Å². The fraction of sp³-hybridized carbons (Fsp3) is 0.750. The second-order valence-corrected chi connectivity index (χ2v) is 7.29. The summed E-state index contributed by atoms with van der Waals surface area (Å²) in [6.45, 7) is 1.42. The molecule has 4 unspecified atom stereocenters. The highest BCUT2D eigenvalue weighted by Crippen LogP contribution is 2.06. The zero-order valence-electron chi connectivity index (χ0n) is 15.5. The van der Waals surface area contributed by atoms with E-state index in [1.54, 1.807) is 0 Å². The highest BCUT2D eigenvalue weighted by Gasteiger charge is 2.30. The number of carbonyl (C=O) groups excluding carboxylic acids is 3. The molecule has 0 spiro atoms. The molecule has 1 aliphatic heterocycles. The number of thioether (sulfide) groups is 1. The number of carboxylic acids is 1. The molecular formula is C16H28N4O6S. The third-order valence-corrected chi connectivity index (χ3v) is 4.81. The SMILES string of the molecule is CSCCC(NC(=O)C(CO)NC(=O)C1CCCN1)C(=O)NC(C)C(=O)O. The second kappa shape index (κ2) is 11.8. The number of aliphatic carboxylic acids is 1. The quantitative estimate of drug-likeness (QED) is 0.232. The van der Waals surface area contributed by atoms with Crippen molar-refractivity contribution in [2.24, 2.45) is 0 Å². The number of rotatable bonds is 11. The number of carboxylic acid groups (broad SMARTS) is 1. The number of amides is 3. The van der Waals surface area contributed by atoms with Gasteiger partial charge >= 0.3 is 5.97 Å². The summed E-state index contributed by atoms with van der Waals surface area (Å²) < 4.78 is 0. The van der Waals surface area contributed by atoms with Crippen LogP contribution in [0.2, 0.25) is 0 Å². The van der Waals surface area contributed by atoms with Gasteiger partial charge in [-0.3, -0.25) is 19.2 Å². The molecular weight excluding hydrogens is 376 g/mol. The van der Waals surface area contributed by atoms with Crippen molar-refractivity contribution in [3.05, 3.63) is 0 Å². The molecule has 154 valence electrons. The van der Waals surface area contributed by atoms with Crippen LogP contribution in [0.3, 0.4) is 0 Å². The monoisotopic (exact) mass is 404 g/mol. The summed E-state index contributed by atoms with van der Waals surface area (Å²) in [5.74, 6) is -2.35. The molecule has 4 atom stereocenters. The van der Waals surface area contributed by atoms with E-state index in [9.17, 15) is 24.3 Å². The first kappa shape index (κ1) is 23.2. The molecule has 3 amide bonds. The van der Waals surface area contributed by atoms with Gasteiger partial charge in [0.25, 0.3) is 0 Å². The van der Waals surface area contributed by atoms with Gasteiger partial charge in [-0.2, -0.15) is 11.8 Å². The first-order valence-corrected chi connectivity index (χ1v) is 10.2. The third kappa shape index (κ3) is 7.73. The summed E-state index contributed by atoms with van der Waals surface area (Å²) in [4.78, 5) is 47.7. The Bertz CT molecular complexity index is 541. The molecule has 6 N–H and O–H groups in total. The van der Waals surface area contributed by atoms with Crippen LogP contribution in [0.25, 0.3) is 0 Å². The molecule has 0 aromatic carbocycles. The zero-order chi connectivity index (χ0) is 20.4. The Balaban J connectivity index is 2.69. The minimum absolute atomic E-state index is 0.279. The average molecular weight is 404 g/mol. The first-order chi connectivity index (χ1) is 12.8. The Morgan fingerprint density at radius 1 is 1.15 bits per heavy atom. The van der Waals surface area contributed by atoms with E-state index >= 15 is 0 Å². The fourth-order valence-electron chi connectivity index (χ4n) is 2.53. The molecule has 0 aliphatic carbocycles. The Hall–Kier alpha value is -1.85. The lowest BCUT2D eigenvalue weighted by Crippen LogP contribution is -2.57. The highest BCUT2D eigenvalue weighted by molar-refractivity contribution is 7.98. The first-order valence-electron chi connectivity index (χ1n) is 8.77. The second-order valence-electron chi connectivity index (χ2n) is 6.30. The van der Waals surface area contributed by atoms with Gasteiger partial charge in [0.1, 0.15) is 18.1 Å². The van der Waals surface area contributed by atoms with Gasteiger partial charge in [0.05, 0.1) is 12.6 Å². The summed E-state index contributed by atoms with van der Waals surface area (Å²) >= 11 is 1.47. The summed E-state index contributed by atoms with van der Waals surface area (Å²) in [5, 5.41) is 28.6. The smallest absolute Gasteiger partial charge is 0.325 e. The van der Waals surface area contributed by atoms with Crippen LogP contribution in [-0.2, 0) is 19.2 Å². The van der Waals surface area contributed by atoms with E-state index in [4.69, 9.17) is 5.11 Å². The molecule has 1 saturated heterocycles. The predicted octanol–water partition coefficient (Wildman–Crippen LogP) is -1.96. The number of aliphatic hydroxyl groups is 1. The van der Waals surface area contributed by atoms with E-state index in [0.717, 1.165) is 6.42 Å². The van der Waals surface area contributed by atoms with Crippen LogP contribution in [0, 0.1) is 0 Å². The molecule has 1 fully saturated rings. The molecule has 0 aromatic heterocycles. The van der Waals surface area contributed by atoms with E-state index in [1.165, 1.54) is 18.7 Å². The fourth-order valence-corrected chi connectivity index (χ4v) is 3.00. The van der Waals surface area contributed by atoms with Crippen molar-refractivity contribution in [1.82, 2.24) is 21.3 Å². The molecule has 0 radical (unpaired) electrons. The van der Waals surface area contributed by atoms with Crippen LogP contribution in [0.4, 0.5) is 0 Å². The number of nitrogens with one attached hydrogen (secondary N) is 4. The van der Waals surface area contributed by atoms with Crippen molar-refractivity contribution in [2.45, 2.75) is 50.4 Å². The van der Waals surface area contributed by atoms with Crippen LogP contribution in [0.1, 0.15) is 26.2 Å². The van der Waals surface area contributed by atoms with Crippen LogP contribution in [-0.4, -0.2) is 83.2 Å². The predicted molar refractivity (Wildman–Crippen MR) is 100 cm³/mol. The van der Waals surface area contributed by atoms with Gasteiger partial charge in [-0.25, -0.2) is 0 Å². The molecule has 27 heavy (non-hydrogen) atoms. The Labute approximate surface area is 162 Å². The highest BCUT2D eigenvalue weighted by atomic mass is 32.2. The molecule has 1 heterocycles. The van der Waals surface area contributed by atoms with E-state index in [1.807, 2.05) is 6.26 Å². The standard InChI is InChI=1S/C16H28N4O6S/c1-9(16(25)26)18-14(23)11(5-7-27-2)19-15(24)12(8-21)20-13(22)10-4-3-6-17-10/h9-12,17,21H,3-8H2,1-2H3,(H,18,23)(H,19,24)(H,20,22)(H,25,26). The normalized spacial score (nSPS) is 19.6. The van der Waals surface area contributed by atoms with E-state index in [0.29, 0.717) is 18.7 Å². The minimum atomic E-state index is -1.19. The molecule has 10 nitrogen and oxygen atoms in total. The van der Waals surface area contributed by atoms with Gasteiger partial charge in [0.15, 0.2) is 0 Å². The zero-order valence-corrected chi connectivity index (χ0v) is 16.3. The topological polar surface area (TPSA) is 157 Å². The lowest BCUT2D eigenvalue weighted by atomic mass is 10.1. The summed E-state index contributed by atoms with van der Waals surface area (Å²) in [6, 6.07) is -3.67. The van der Waals surface area contributed by atoms with E-state index in [-0.39, 0.29) is 12.3 Å². The largest absolute Gasteiger partial charge is 0.480 e. The van der Waals surface area contributed by atoms with Crippen molar-refractivity contribution in [2.75, 3.05) is 25.2 Å². The van der Waals surface area contributed by atoms with Gasteiger partial charge in [0.2, 0.25) is 17.7 Å². The number of carbonyl (C=O) groups is 4. The lowest BCUT2D eigenvalue weighted by molar-refractivity contribution is -0.141. The summed E-state index contributed by atoms with van der Waals surface area (Å²) in [5.41, 5.74) is 0. The molecule has 1 rings (SSSR count).